The van der Waals surface area contributed by atoms with Gasteiger partial charge in [-0.1, -0.05) is 11.6 Å². The molecule has 1 atom stereocenters. The van der Waals surface area contributed by atoms with Crippen LogP contribution in [0.4, 0.5) is 5.69 Å². The number of hydrogen-bond acceptors (Lipinski definition) is 4. The first-order valence-electron chi connectivity index (χ1n) is 9.57. The summed E-state index contributed by atoms with van der Waals surface area (Å²) in [6, 6.07) is 13.2. The van der Waals surface area contributed by atoms with Crippen LogP contribution in [0.2, 0.25) is 5.02 Å². The van der Waals surface area contributed by atoms with Gasteiger partial charge in [0, 0.05) is 42.5 Å². The highest BCUT2D eigenvalue weighted by molar-refractivity contribution is 6.30. The van der Waals surface area contributed by atoms with Crippen molar-refractivity contribution < 1.29 is 14.3 Å². The average Bonchev–Trinajstić information content (AvgIpc) is 2.73. The van der Waals surface area contributed by atoms with Gasteiger partial charge < -0.3 is 14.5 Å². The van der Waals surface area contributed by atoms with Crippen LogP contribution in [0.1, 0.15) is 22.8 Å². The maximum atomic E-state index is 13.0. The van der Waals surface area contributed by atoms with E-state index in [1.165, 1.54) is 0 Å². The van der Waals surface area contributed by atoms with Crippen LogP contribution >= 0.6 is 11.6 Å². The van der Waals surface area contributed by atoms with E-state index in [-0.39, 0.29) is 17.6 Å². The molecular weight excluding hydrogens is 376 g/mol. The minimum Gasteiger partial charge on any atom is -0.492 e. The zero-order chi connectivity index (χ0) is 19.7. The van der Waals surface area contributed by atoms with Gasteiger partial charge in [0.25, 0.3) is 0 Å². The number of amides is 1. The molecule has 1 unspecified atom stereocenters. The number of halogens is 1. The highest BCUT2D eigenvalue weighted by Gasteiger charge is 2.31. The fourth-order valence-corrected chi connectivity index (χ4v) is 4.07. The normalized spacial score (nSPS) is 19.0. The maximum Gasteiger partial charge on any atom is 0.229 e. The van der Waals surface area contributed by atoms with E-state index in [4.69, 9.17) is 16.3 Å². The van der Waals surface area contributed by atoms with E-state index in [1.807, 2.05) is 47.4 Å². The fourth-order valence-electron chi connectivity index (χ4n) is 3.87. The first kappa shape index (κ1) is 18.8. The third kappa shape index (κ3) is 3.85. The molecule has 2 aliphatic rings. The molecule has 0 radical (unpaired) electrons. The van der Waals surface area contributed by atoms with Gasteiger partial charge in [-0.3, -0.25) is 9.59 Å². The highest BCUT2D eigenvalue weighted by Crippen LogP contribution is 2.30. The van der Waals surface area contributed by atoms with Crippen LogP contribution < -0.4 is 9.64 Å². The summed E-state index contributed by atoms with van der Waals surface area (Å²) in [4.78, 5) is 28.6. The molecule has 146 valence electrons. The van der Waals surface area contributed by atoms with Crippen LogP contribution in [0.3, 0.4) is 0 Å². The summed E-state index contributed by atoms with van der Waals surface area (Å²) in [5.41, 5.74) is 2.80. The molecule has 0 aromatic heterocycles. The average molecular weight is 399 g/mol. The number of ketones is 1. The van der Waals surface area contributed by atoms with E-state index in [1.54, 1.807) is 6.92 Å². The van der Waals surface area contributed by atoms with Crippen molar-refractivity contribution in [3.8, 4) is 5.75 Å². The van der Waals surface area contributed by atoms with Crippen molar-refractivity contribution in [2.75, 3.05) is 37.7 Å². The van der Waals surface area contributed by atoms with E-state index in [0.29, 0.717) is 31.1 Å². The second-order valence-corrected chi connectivity index (χ2v) is 7.82. The number of fused-ring (bicyclic) bond motifs is 1. The predicted molar refractivity (Wildman–Crippen MR) is 109 cm³/mol. The first-order valence-corrected chi connectivity index (χ1v) is 9.95. The highest BCUT2D eigenvalue weighted by atomic mass is 35.5. The Morgan fingerprint density at radius 1 is 1.04 bits per heavy atom. The van der Waals surface area contributed by atoms with Crippen LogP contribution in [0.15, 0.2) is 42.5 Å². The monoisotopic (exact) mass is 398 g/mol. The second kappa shape index (κ2) is 7.84. The third-order valence-electron chi connectivity index (χ3n) is 5.51. The lowest BCUT2D eigenvalue weighted by Crippen LogP contribution is -2.51. The van der Waals surface area contributed by atoms with Crippen LogP contribution in [-0.4, -0.2) is 49.4 Å². The van der Waals surface area contributed by atoms with Crippen molar-refractivity contribution in [2.24, 2.45) is 5.92 Å². The van der Waals surface area contributed by atoms with Crippen molar-refractivity contribution in [3.63, 3.8) is 0 Å². The first-order chi connectivity index (χ1) is 13.5. The van der Waals surface area contributed by atoms with Gasteiger partial charge in [-0.15, -0.1) is 0 Å². The largest absolute Gasteiger partial charge is 0.492 e. The van der Waals surface area contributed by atoms with Gasteiger partial charge in [-0.25, -0.2) is 0 Å². The van der Waals surface area contributed by atoms with Crippen LogP contribution in [0, 0.1) is 5.92 Å². The summed E-state index contributed by atoms with van der Waals surface area (Å²) in [6.45, 7) is 4.92. The number of hydrogen-bond donors (Lipinski definition) is 0. The zero-order valence-corrected chi connectivity index (χ0v) is 16.6. The molecule has 0 N–H and O–H groups in total. The van der Waals surface area contributed by atoms with Crippen molar-refractivity contribution in [1.29, 1.82) is 0 Å². The Kier molecular flexibility index (Phi) is 5.27. The Balaban J connectivity index is 1.36. The van der Waals surface area contributed by atoms with Crippen molar-refractivity contribution in [3.05, 3.63) is 58.6 Å². The molecule has 2 heterocycles. The van der Waals surface area contributed by atoms with E-state index >= 15 is 0 Å². The lowest BCUT2D eigenvalue weighted by Gasteiger charge is -2.38. The Hall–Kier alpha value is -2.53. The molecule has 0 aliphatic carbocycles. The topological polar surface area (TPSA) is 49.9 Å². The maximum absolute atomic E-state index is 13.0. The lowest BCUT2D eigenvalue weighted by atomic mass is 9.95. The van der Waals surface area contributed by atoms with Gasteiger partial charge in [0.05, 0.1) is 5.92 Å². The summed E-state index contributed by atoms with van der Waals surface area (Å²) >= 11 is 6.08. The molecule has 1 fully saturated rings. The van der Waals surface area contributed by atoms with Gasteiger partial charge in [0.1, 0.15) is 12.4 Å². The Bertz CT molecular complexity index is 889. The fraction of sp³-hybridized carbons (Fsp3) is 0.364. The van der Waals surface area contributed by atoms with Crippen LogP contribution in [0.25, 0.3) is 0 Å². The predicted octanol–water partition coefficient (Wildman–Crippen LogP) is 3.44. The van der Waals surface area contributed by atoms with Gasteiger partial charge >= 0.3 is 0 Å². The minimum absolute atomic E-state index is 0.0690. The minimum atomic E-state index is -0.160. The number of benzene rings is 2. The van der Waals surface area contributed by atoms with E-state index in [9.17, 15) is 9.59 Å². The van der Waals surface area contributed by atoms with Crippen molar-refractivity contribution in [2.45, 2.75) is 13.3 Å². The van der Waals surface area contributed by atoms with E-state index in [2.05, 4.69) is 4.90 Å². The Morgan fingerprint density at radius 3 is 2.43 bits per heavy atom. The molecule has 28 heavy (non-hydrogen) atoms. The summed E-state index contributed by atoms with van der Waals surface area (Å²) in [7, 11) is 0. The molecule has 2 aromatic carbocycles. The number of carbonyl (C=O) groups excluding carboxylic acids is 2. The van der Waals surface area contributed by atoms with E-state index in [0.717, 1.165) is 35.7 Å². The summed E-state index contributed by atoms with van der Waals surface area (Å²) < 4.78 is 5.78. The standard InChI is InChI=1S/C22H23ClN2O3/c1-15(26)16-2-5-20(6-3-16)24-8-10-25(11-9-24)22(27)18-12-17-13-19(23)4-7-21(17)28-14-18/h2-7,13,18H,8-12,14H2,1H3. The molecule has 1 amide bonds. The number of rotatable bonds is 3. The van der Waals surface area contributed by atoms with Crippen molar-refractivity contribution in [1.82, 2.24) is 4.90 Å². The molecule has 2 aromatic rings. The van der Waals surface area contributed by atoms with Gasteiger partial charge in [-0.05, 0) is 61.4 Å². The lowest BCUT2D eigenvalue weighted by molar-refractivity contribution is -0.137. The Morgan fingerprint density at radius 2 is 1.75 bits per heavy atom. The smallest absolute Gasteiger partial charge is 0.229 e. The van der Waals surface area contributed by atoms with Gasteiger partial charge in [-0.2, -0.15) is 0 Å². The second-order valence-electron chi connectivity index (χ2n) is 7.38. The quantitative estimate of drug-likeness (QED) is 0.743. The summed E-state index contributed by atoms with van der Waals surface area (Å²) in [5, 5.41) is 0.667. The zero-order valence-electron chi connectivity index (χ0n) is 15.9. The van der Waals surface area contributed by atoms with Gasteiger partial charge in [0.2, 0.25) is 5.91 Å². The number of ether oxygens (including phenoxy) is 1. The molecule has 0 saturated carbocycles. The molecule has 0 bridgehead atoms. The number of piperazine rings is 1. The Labute approximate surface area is 169 Å². The number of Topliss-reactive ketones (excluding diaryl/α,β-unsaturated/α-hetero) is 1. The number of nitrogens with zero attached hydrogens (tertiary/aromatic N) is 2. The SMILES string of the molecule is CC(=O)c1ccc(N2CCN(C(=O)C3COc4ccc(Cl)cc4C3)CC2)cc1. The summed E-state index contributed by atoms with van der Waals surface area (Å²) in [5.74, 6) is 0.886. The molecular formula is C22H23ClN2O3. The van der Waals surface area contributed by atoms with Crippen LogP contribution in [0.5, 0.6) is 5.75 Å². The molecule has 6 heteroatoms. The molecule has 4 rings (SSSR count). The molecule has 2 aliphatic heterocycles. The third-order valence-corrected chi connectivity index (χ3v) is 5.74. The molecule has 0 spiro atoms. The van der Waals surface area contributed by atoms with Crippen LogP contribution in [-0.2, 0) is 11.2 Å². The van der Waals surface area contributed by atoms with Gasteiger partial charge in [0.15, 0.2) is 5.78 Å². The number of carbonyl (C=O) groups is 2. The van der Waals surface area contributed by atoms with E-state index < -0.39 is 0 Å². The number of anilines is 1. The molecule has 5 nitrogen and oxygen atoms in total. The molecule has 1 saturated heterocycles. The summed E-state index contributed by atoms with van der Waals surface area (Å²) in [6.07, 6.45) is 0.668. The van der Waals surface area contributed by atoms with Crippen molar-refractivity contribution >= 4 is 29.0 Å².